The van der Waals surface area contributed by atoms with E-state index in [9.17, 15) is 26.3 Å². The molecule has 0 fully saturated rings. The molecular formula is C10H14F6O2Si. The molecule has 0 saturated carbocycles. The van der Waals surface area contributed by atoms with Gasteiger partial charge in [-0.3, -0.25) is 0 Å². The molecule has 0 aliphatic carbocycles. The average Bonchev–Trinajstić information content (AvgIpc) is 2.25. The second-order valence-corrected chi connectivity index (χ2v) is 6.46. The van der Waals surface area contributed by atoms with E-state index in [2.05, 4.69) is 22.0 Å². The van der Waals surface area contributed by atoms with E-state index in [1.54, 1.807) is 0 Å². The van der Waals surface area contributed by atoms with Crippen molar-refractivity contribution in [2.24, 2.45) is 0 Å². The zero-order valence-corrected chi connectivity index (χ0v) is 11.3. The van der Waals surface area contributed by atoms with Crippen molar-refractivity contribution in [3.05, 3.63) is 24.6 Å². The fraction of sp³-hybridized carbons (Fsp3) is 0.600. The second kappa shape index (κ2) is 6.10. The third-order valence-electron chi connectivity index (χ3n) is 2.21. The van der Waals surface area contributed by atoms with Crippen molar-refractivity contribution in [3.8, 4) is 0 Å². The predicted octanol–water partition coefficient (Wildman–Crippen LogP) is 3.81. The molecule has 0 aromatic heterocycles. The molecule has 9 heteroatoms. The van der Waals surface area contributed by atoms with Gasteiger partial charge in [0.05, 0.1) is 0 Å². The largest absolute Gasteiger partial charge is 0.413 e. The van der Waals surface area contributed by atoms with Gasteiger partial charge in [-0.25, -0.2) is 0 Å². The summed E-state index contributed by atoms with van der Waals surface area (Å²) in [5, 5.41) is 0. The summed E-state index contributed by atoms with van der Waals surface area (Å²) < 4.78 is 83.5. The number of hydrogen-bond donors (Lipinski definition) is 0. The summed E-state index contributed by atoms with van der Waals surface area (Å²) in [6.45, 7) is 7.71. The Balaban J connectivity index is 5.07. The van der Waals surface area contributed by atoms with Crippen molar-refractivity contribution in [1.82, 2.24) is 0 Å². The molecule has 2 nitrogen and oxygen atoms in total. The van der Waals surface area contributed by atoms with E-state index in [0.717, 1.165) is 11.4 Å². The molecule has 112 valence electrons. The highest BCUT2D eigenvalue weighted by Gasteiger charge is 2.48. The summed E-state index contributed by atoms with van der Waals surface area (Å²) in [6.07, 6.45) is -14.0. The van der Waals surface area contributed by atoms with Crippen LogP contribution in [-0.2, 0) is 8.85 Å². The first kappa shape index (κ1) is 18.2. The SMILES string of the molecule is C=C[Si](C=C)(OC(C)C(F)(F)F)OC(C)C(F)(F)F. The monoisotopic (exact) mass is 308 g/mol. The summed E-state index contributed by atoms with van der Waals surface area (Å²) in [5.74, 6) is 0. The maximum atomic E-state index is 12.4. The van der Waals surface area contributed by atoms with Crippen molar-refractivity contribution in [1.29, 1.82) is 0 Å². The van der Waals surface area contributed by atoms with E-state index in [4.69, 9.17) is 0 Å². The van der Waals surface area contributed by atoms with E-state index < -0.39 is 33.1 Å². The third-order valence-corrected chi connectivity index (χ3v) is 4.79. The van der Waals surface area contributed by atoms with Crippen molar-refractivity contribution >= 4 is 8.56 Å². The van der Waals surface area contributed by atoms with Gasteiger partial charge in [-0.2, -0.15) is 26.3 Å². The minimum Gasteiger partial charge on any atom is -0.376 e. The Morgan fingerprint density at radius 2 is 1.11 bits per heavy atom. The zero-order valence-electron chi connectivity index (χ0n) is 10.3. The van der Waals surface area contributed by atoms with Gasteiger partial charge in [0.25, 0.3) is 0 Å². The molecule has 0 bridgehead atoms. The molecule has 0 aliphatic rings. The molecule has 0 saturated heterocycles. The van der Waals surface area contributed by atoms with Gasteiger partial charge in [0, 0.05) is 0 Å². The van der Waals surface area contributed by atoms with Gasteiger partial charge in [-0.15, -0.1) is 13.2 Å². The lowest BCUT2D eigenvalue weighted by Gasteiger charge is -2.32. The fourth-order valence-electron chi connectivity index (χ4n) is 0.990. The average molecular weight is 308 g/mol. The summed E-state index contributed by atoms with van der Waals surface area (Å²) in [5.41, 5.74) is 1.65. The van der Waals surface area contributed by atoms with Crippen LogP contribution >= 0.6 is 0 Å². The quantitative estimate of drug-likeness (QED) is 0.549. The summed E-state index contributed by atoms with van der Waals surface area (Å²) >= 11 is 0. The molecule has 0 aromatic carbocycles. The molecule has 2 atom stereocenters. The summed E-state index contributed by atoms with van der Waals surface area (Å²) in [7, 11) is -4.00. The van der Waals surface area contributed by atoms with Gasteiger partial charge in [-0.05, 0) is 25.2 Å². The van der Waals surface area contributed by atoms with Crippen LogP contribution in [0.25, 0.3) is 0 Å². The van der Waals surface area contributed by atoms with Crippen molar-refractivity contribution in [2.75, 3.05) is 0 Å². The lowest BCUT2D eigenvalue weighted by Crippen LogP contribution is -2.49. The predicted molar refractivity (Wildman–Crippen MR) is 59.4 cm³/mol. The Hall–Kier alpha value is -0.803. The van der Waals surface area contributed by atoms with Gasteiger partial charge < -0.3 is 8.85 Å². The lowest BCUT2D eigenvalue weighted by molar-refractivity contribution is -0.210. The molecule has 0 spiro atoms. The molecule has 0 aliphatic heterocycles. The number of alkyl halides is 6. The van der Waals surface area contributed by atoms with Crippen molar-refractivity contribution in [2.45, 2.75) is 38.4 Å². The molecule has 2 unspecified atom stereocenters. The lowest BCUT2D eigenvalue weighted by atomic mass is 10.4. The van der Waals surface area contributed by atoms with E-state index >= 15 is 0 Å². The van der Waals surface area contributed by atoms with E-state index in [1.165, 1.54) is 0 Å². The first-order valence-corrected chi connectivity index (χ1v) is 7.11. The maximum Gasteiger partial charge on any atom is 0.413 e. The molecule has 0 radical (unpaired) electrons. The van der Waals surface area contributed by atoms with Crippen LogP contribution in [0.4, 0.5) is 26.3 Å². The molecule has 0 amide bonds. The number of hydrogen-bond acceptors (Lipinski definition) is 2. The highest BCUT2D eigenvalue weighted by atomic mass is 28.4. The highest BCUT2D eigenvalue weighted by molar-refractivity contribution is 6.77. The first-order valence-electron chi connectivity index (χ1n) is 5.14. The van der Waals surface area contributed by atoms with Crippen LogP contribution in [0.15, 0.2) is 24.6 Å². The van der Waals surface area contributed by atoms with Gasteiger partial charge in [0.1, 0.15) is 12.2 Å². The van der Waals surface area contributed by atoms with Crippen LogP contribution < -0.4 is 0 Å². The van der Waals surface area contributed by atoms with Crippen LogP contribution in [-0.4, -0.2) is 33.1 Å². The van der Waals surface area contributed by atoms with Crippen molar-refractivity contribution < 1.29 is 35.2 Å². The topological polar surface area (TPSA) is 18.5 Å². The standard InChI is InChI=1S/C10H14F6O2Si/c1-5-19(6-2,17-7(3)9(11,12)13)18-8(4)10(14,15)16/h5-8H,1-2H2,3-4H3. The van der Waals surface area contributed by atoms with Gasteiger partial charge in [0.15, 0.2) is 0 Å². The van der Waals surface area contributed by atoms with Gasteiger partial charge in [-0.1, -0.05) is 0 Å². The minimum atomic E-state index is -4.71. The molecule has 0 rings (SSSR count). The van der Waals surface area contributed by atoms with Crippen LogP contribution in [0.5, 0.6) is 0 Å². The highest BCUT2D eigenvalue weighted by Crippen LogP contribution is 2.30. The van der Waals surface area contributed by atoms with Crippen LogP contribution in [0.1, 0.15) is 13.8 Å². The molecule has 0 heterocycles. The normalized spacial score (nSPS) is 16.8. The summed E-state index contributed by atoms with van der Waals surface area (Å²) in [6, 6.07) is 0. The van der Waals surface area contributed by atoms with Crippen LogP contribution in [0, 0.1) is 0 Å². The number of rotatable bonds is 6. The zero-order chi connectivity index (χ0) is 15.5. The van der Waals surface area contributed by atoms with E-state index in [1.807, 2.05) is 0 Å². The Labute approximate surface area is 107 Å². The Morgan fingerprint density at radius 1 is 0.842 bits per heavy atom. The summed E-state index contributed by atoms with van der Waals surface area (Å²) in [4.78, 5) is 0. The smallest absolute Gasteiger partial charge is 0.376 e. The Kier molecular flexibility index (Phi) is 5.84. The molecular weight excluding hydrogens is 294 g/mol. The Bertz CT molecular complexity index is 293. The molecule has 0 N–H and O–H groups in total. The van der Waals surface area contributed by atoms with Crippen LogP contribution in [0.3, 0.4) is 0 Å². The molecule has 0 aromatic rings. The van der Waals surface area contributed by atoms with Gasteiger partial charge in [0.2, 0.25) is 0 Å². The van der Waals surface area contributed by atoms with Gasteiger partial charge >= 0.3 is 20.9 Å². The maximum absolute atomic E-state index is 12.4. The number of halogens is 6. The van der Waals surface area contributed by atoms with E-state index in [0.29, 0.717) is 13.8 Å². The Morgan fingerprint density at radius 3 is 1.26 bits per heavy atom. The fourth-order valence-corrected chi connectivity index (χ4v) is 2.97. The van der Waals surface area contributed by atoms with E-state index in [-0.39, 0.29) is 0 Å². The minimum absolute atomic E-state index is 0.677. The third kappa shape index (κ3) is 5.37. The second-order valence-electron chi connectivity index (χ2n) is 3.73. The molecule has 19 heavy (non-hydrogen) atoms. The van der Waals surface area contributed by atoms with Crippen LogP contribution in [0.2, 0.25) is 0 Å². The van der Waals surface area contributed by atoms with Crippen molar-refractivity contribution in [3.63, 3.8) is 0 Å². The first-order chi connectivity index (χ1) is 8.38.